The Bertz CT molecular complexity index is 625. The normalized spacial score (nSPS) is 16.5. The van der Waals surface area contributed by atoms with Gasteiger partial charge in [-0.2, -0.15) is 4.57 Å². The van der Waals surface area contributed by atoms with Gasteiger partial charge in [-0.05, 0) is 13.8 Å². The van der Waals surface area contributed by atoms with Crippen LogP contribution in [0.25, 0.3) is 11.3 Å². The second kappa shape index (κ2) is 4.97. The highest BCUT2D eigenvalue weighted by Gasteiger charge is 2.34. The summed E-state index contributed by atoms with van der Waals surface area (Å²) in [5.74, 6) is 0.809. The molecule has 98 valence electrons. The molecule has 1 N–H and O–H groups in total. The minimum Gasteiger partial charge on any atom is -0.259 e. The lowest BCUT2D eigenvalue weighted by Gasteiger charge is -2.01. The maximum absolute atomic E-state index is 11.9. The first-order valence-corrected chi connectivity index (χ1v) is 5.94. The van der Waals surface area contributed by atoms with E-state index in [-0.39, 0.29) is 24.4 Å². The van der Waals surface area contributed by atoms with Crippen LogP contribution in [-0.2, 0) is 0 Å². The summed E-state index contributed by atoms with van der Waals surface area (Å²) < 4.78 is 1.63. The number of hydrogen-bond donors (Lipinski definition) is 1. The predicted octanol–water partition coefficient (Wildman–Crippen LogP) is 2.22. The number of benzene rings is 1. The highest BCUT2D eigenvalue weighted by Crippen LogP contribution is 2.18. The highest BCUT2D eigenvalue weighted by molar-refractivity contribution is 5.85. The minimum absolute atomic E-state index is 0. The number of fused-ring (bicyclic) bond motifs is 1. The fourth-order valence-corrected chi connectivity index (χ4v) is 2.07. The zero-order valence-corrected chi connectivity index (χ0v) is 11.6. The van der Waals surface area contributed by atoms with E-state index < -0.39 is 0 Å². The maximum Gasteiger partial charge on any atom is 0.358 e. The van der Waals surface area contributed by atoms with Gasteiger partial charge in [-0.15, -0.1) is 12.4 Å². The second-order valence-electron chi connectivity index (χ2n) is 4.60. The van der Waals surface area contributed by atoms with Crippen LogP contribution in [0.5, 0.6) is 0 Å². The average Bonchev–Trinajstić information content (AvgIpc) is 2.66. The number of hydrogen-bond acceptors (Lipinski definition) is 3. The zero-order valence-electron chi connectivity index (χ0n) is 10.8. The van der Waals surface area contributed by atoms with Gasteiger partial charge in [0, 0.05) is 5.56 Å². The first-order chi connectivity index (χ1) is 8.65. The quantitative estimate of drug-likeness (QED) is 0.813. The Morgan fingerprint density at radius 1 is 1.26 bits per heavy atom. The molecule has 0 radical (unpaired) electrons. The van der Waals surface area contributed by atoms with E-state index in [1.807, 2.05) is 38.1 Å². The Morgan fingerprint density at radius 3 is 2.63 bits per heavy atom. The molecule has 2 heterocycles. The van der Waals surface area contributed by atoms with Gasteiger partial charge in [0.1, 0.15) is 18.1 Å². The summed E-state index contributed by atoms with van der Waals surface area (Å²) in [7, 11) is 0. The Hall–Kier alpha value is -1.94. The van der Waals surface area contributed by atoms with Crippen molar-refractivity contribution in [1.82, 2.24) is 4.98 Å². The molecule has 0 spiro atoms. The third kappa shape index (κ3) is 2.31. The molecule has 1 aromatic heterocycles. The van der Waals surface area contributed by atoms with E-state index in [0.29, 0.717) is 0 Å². The first kappa shape index (κ1) is 13.5. The van der Waals surface area contributed by atoms with Crippen molar-refractivity contribution in [3.63, 3.8) is 0 Å². The fourth-order valence-electron chi connectivity index (χ4n) is 2.07. The number of carbonyl (C=O) groups excluding carboxylic acids is 1. The average molecular weight is 277 g/mol. The minimum atomic E-state index is -0.180. The zero-order chi connectivity index (χ0) is 12.7. The van der Waals surface area contributed by atoms with Gasteiger partial charge in [-0.25, -0.2) is 9.78 Å². The van der Waals surface area contributed by atoms with Crippen molar-refractivity contribution in [2.24, 2.45) is 0 Å². The number of halogens is 1. The van der Waals surface area contributed by atoms with Crippen LogP contribution < -0.4 is 9.88 Å². The highest BCUT2D eigenvalue weighted by atomic mass is 35.5. The standard InChI is InChI=1S/C14H13N3O.ClH/c1-9-3-5-11(6-4-9)12-8-17-13(7-15-12)16-10(2)14(17)18;/h3-8,10H,1-2H3;1H/p+1. The van der Waals surface area contributed by atoms with Crippen LogP contribution in [0, 0.1) is 6.92 Å². The number of rotatable bonds is 1. The molecule has 0 aliphatic carbocycles. The van der Waals surface area contributed by atoms with Crippen molar-refractivity contribution in [2.75, 3.05) is 5.32 Å². The molecule has 3 rings (SSSR count). The molecule has 1 unspecified atom stereocenters. The van der Waals surface area contributed by atoms with E-state index in [0.717, 1.165) is 17.1 Å². The molecule has 4 nitrogen and oxygen atoms in total. The third-order valence-corrected chi connectivity index (χ3v) is 3.16. The lowest BCUT2D eigenvalue weighted by molar-refractivity contribution is -0.552. The van der Waals surface area contributed by atoms with Crippen LogP contribution in [0.4, 0.5) is 5.82 Å². The van der Waals surface area contributed by atoms with Gasteiger partial charge in [0.2, 0.25) is 0 Å². The Morgan fingerprint density at radius 2 is 1.95 bits per heavy atom. The number of nitrogens with one attached hydrogen (secondary N) is 1. The largest absolute Gasteiger partial charge is 0.358 e. The smallest absolute Gasteiger partial charge is 0.259 e. The van der Waals surface area contributed by atoms with Gasteiger partial charge in [-0.3, -0.25) is 5.32 Å². The van der Waals surface area contributed by atoms with Gasteiger partial charge in [-0.1, -0.05) is 29.8 Å². The molecule has 1 aromatic carbocycles. The van der Waals surface area contributed by atoms with Gasteiger partial charge in [0.25, 0.3) is 0 Å². The van der Waals surface area contributed by atoms with E-state index in [2.05, 4.69) is 10.3 Å². The number of carbonyl (C=O) groups is 1. The molecule has 1 aliphatic rings. The predicted molar refractivity (Wildman–Crippen MR) is 75.6 cm³/mol. The summed E-state index contributed by atoms with van der Waals surface area (Å²) >= 11 is 0. The summed E-state index contributed by atoms with van der Waals surface area (Å²) in [6.45, 7) is 3.89. The number of aromatic nitrogens is 2. The lowest BCUT2D eigenvalue weighted by Crippen LogP contribution is -2.42. The lowest BCUT2D eigenvalue weighted by atomic mass is 10.1. The van der Waals surface area contributed by atoms with Gasteiger partial charge in [0.05, 0.1) is 0 Å². The van der Waals surface area contributed by atoms with Crippen molar-refractivity contribution in [3.05, 3.63) is 42.2 Å². The van der Waals surface area contributed by atoms with Crippen molar-refractivity contribution in [2.45, 2.75) is 19.9 Å². The molecule has 0 saturated heterocycles. The van der Waals surface area contributed by atoms with E-state index >= 15 is 0 Å². The maximum atomic E-state index is 11.9. The summed E-state index contributed by atoms with van der Waals surface area (Å²) in [6, 6.07) is 7.93. The van der Waals surface area contributed by atoms with Crippen LogP contribution in [-0.4, -0.2) is 16.9 Å². The molecule has 19 heavy (non-hydrogen) atoms. The molecule has 2 aromatic rings. The van der Waals surface area contributed by atoms with Crippen molar-refractivity contribution < 1.29 is 9.36 Å². The Labute approximate surface area is 117 Å². The Kier molecular flexibility index (Phi) is 3.53. The topological polar surface area (TPSA) is 45.9 Å². The van der Waals surface area contributed by atoms with Gasteiger partial charge < -0.3 is 0 Å². The summed E-state index contributed by atoms with van der Waals surface area (Å²) in [4.78, 5) is 16.3. The summed E-state index contributed by atoms with van der Waals surface area (Å²) in [5.41, 5.74) is 3.03. The molecule has 1 aliphatic heterocycles. The first-order valence-electron chi connectivity index (χ1n) is 5.94. The van der Waals surface area contributed by atoms with Crippen LogP contribution >= 0.6 is 12.4 Å². The van der Waals surface area contributed by atoms with E-state index in [4.69, 9.17) is 0 Å². The Balaban J connectivity index is 0.00000133. The van der Waals surface area contributed by atoms with Crippen LogP contribution in [0.2, 0.25) is 0 Å². The van der Waals surface area contributed by atoms with E-state index in [1.165, 1.54) is 5.56 Å². The SMILES string of the molecule is Cc1ccc(-c2c[n+]3c(cn2)NC(C)C3=O)cc1.Cl. The molecule has 0 bridgehead atoms. The van der Waals surface area contributed by atoms with Crippen molar-refractivity contribution >= 4 is 24.1 Å². The molecular formula is C14H15ClN3O+. The molecule has 0 amide bonds. The monoisotopic (exact) mass is 276 g/mol. The molecule has 1 atom stereocenters. The fraction of sp³-hybridized carbons (Fsp3) is 0.214. The molecular weight excluding hydrogens is 262 g/mol. The van der Waals surface area contributed by atoms with Crippen molar-refractivity contribution in [3.8, 4) is 11.3 Å². The van der Waals surface area contributed by atoms with Crippen molar-refractivity contribution in [1.29, 1.82) is 0 Å². The van der Waals surface area contributed by atoms with Crippen LogP contribution in [0.15, 0.2) is 36.7 Å². The number of anilines is 1. The molecule has 0 saturated carbocycles. The van der Waals surface area contributed by atoms with Gasteiger partial charge in [0.15, 0.2) is 6.04 Å². The second-order valence-corrected chi connectivity index (χ2v) is 4.60. The number of aryl methyl sites for hydroxylation is 1. The van der Waals surface area contributed by atoms with Gasteiger partial charge >= 0.3 is 11.7 Å². The van der Waals surface area contributed by atoms with Crippen LogP contribution in [0.3, 0.4) is 0 Å². The van der Waals surface area contributed by atoms with Crippen LogP contribution in [0.1, 0.15) is 17.3 Å². The van der Waals surface area contributed by atoms with E-state index in [9.17, 15) is 4.79 Å². The number of nitrogens with zero attached hydrogens (tertiary/aromatic N) is 2. The summed E-state index contributed by atoms with van der Waals surface area (Å²) in [6.07, 6.45) is 3.50. The molecule has 5 heteroatoms. The third-order valence-electron chi connectivity index (χ3n) is 3.16. The molecule has 0 fully saturated rings. The summed E-state index contributed by atoms with van der Waals surface area (Å²) in [5, 5.41) is 3.09. The van der Waals surface area contributed by atoms with E-state index in [1.54, 1.807) is 17.0 Å².